The van der Waals surface area contributed by atoms with Crippen LogP contribution in [0.15, 0.2) is 24.5 Å². The van der Waals surface area contributed by atoms with E-state index in [1.54, 1.807) is 6.20 Å². The molecule has 1 aliphatic heterocycles. The molecular weight excluding hydrogens is 188 g/mol. The molecule has 1 saturated heterocycles. The number of nitrogens with one attached hydrogen (secondary N) is 1. The van der Waals surface area contributed by atoms with Gasteiger partial charge in [-0.3, -0.25) is 4.98 Å². The van der Waals surface area contributed by atoms with Crippen molar-refractivity contribution in [2.75, 3.05) is 13.2 Å². The second-order valence-corrected chi connectivity index (χ2v) is 4.05. The van der Waals surface area contributed by atoms with Crippen LogP contribution in [0.1, 0.15) is 31.4 Å². The fraction of sp³-hybridized carbons (Fsp3) is 0.583. The Morgan fingerprint density at radius 3 is 3.27 bits per heavy atom. The number of hydrogen-bond acceptors (Lipinski definition) is 3. The van der Waals surface area contributed by atoms with E-state index in [-0.39, 0.29) is 0 Å². The van der Waals surface area contributed by atoms with E-state index >= 15 is 0 Å². The van der Waals surface area contributed by atoms with Crippen molar-refractivity contribution in [3.8, 4) is 0 Å². The Hall–Kier alpha value is -0.930. The van der Waals surface area contributed by atoms with Gasteiger partial charge in [-0.2, -0.15) is 0 Å². The Balaban J connectivity index is 1.79. The molecular formula is C12H18N2O. The maximum Gasteiger partial charge on any atom is 0.0700 e. The summed E-state index contributed by atoms with van der Waals surface area (Å²) in [6.07, 6.45) is 6.51. The van der Waals surface area contributed by atoms with E-state index in [1.807, 2.05) is 12.3 Å². The molecule has 0 amide bonds. The topological polar surface area (TPSA) is 34.1 Å². The van der Waals surface area contributed by atoms with Crippen LogP contribution in [0.2, 0.25) is 0 Å². The Morgan fingerprint density at radius 1 is 1.67 bits per heavy atom. The smallest absolute Gasteiger partial charge is 0.0700 e. The predicted octanol–water partition coefficient (Wildman–Crippen LogP) is 1.91. The molecule has 2 atom stereocenters. The molecule has 3 heteroatoms. The van der Waals surface area contributed by atoms with E-state index < -0.39 is 0 Å². The standard InChI is InChI=1S/C12H18N2O/c1-10(11-4-2-6-13-8-11)14-9-12-5-3-7-15-12/h2,4,6,8,10,12,14H,3,5,7,9H2,1H3/t10-,12?/m1/s1. The highest BCUT2D eigenvalue weighted by molar-refractivity contribution is 5.12. The molecule has 0 aromatic carbocycles. The minimum Gasteiger partial charge on any atom is -0.377 e. The molecule has 1 aliphatic rings. The highest BCUT2D eigenvalue weighted by Crippen LogP contribution is 2.14. The van der Waals surface area contributed by atoms with Crippen molar-refractivity contribution in [1.82, 2.24) is 10.3 Å². The fourth-order valence-electron chi connectivity index (χ4n) is 1.86. The second kappa shape index (κ2) is 5.24. The summed E-state index contributed by atoms with van der Waals surface area (Å²) in [4.78, 5) is 4.11. The first kappa shape index (κ1) is 10.6. The molecule has 3 nitrogen and oxygen atoms in total. The monoisotopic (exact) mass is 206 g/mol. The van der Waals surface area contributed by atoms with Crippen molar-refractivity contribution in [1.29, 1.82) is 0 Å². The first-order chi connectivity index (χ1) is 7.36. The van der Waals surface area contributed by atoms with Crippen LogP contribution in [0.25, 0.3) is 0 Å². The van der Waals surface area contributed by atoms with Crippen LogP contribution in [0.4, 0.5) is 0 Å². The Morgan fingerprint density at radius 2 is 2.60 bits per heavy atom. The number of nitrogens with zero attached hydrogens (tertiary/aromatic N) is 1. The normalized spacial score (nSPS) is 22.9. The maximum absolute atomic E-state index is 5.56. The Bertz CT molecular complexity index is 283. The summed E-state index contributed by atoms with van der Waals surface area (Å²) in [6, 6.07) is 4.42. The summed E-state index contributed by atoms with van der Waals surface area (Å²) in [5.41, 5.74) is 1.23. The van der Waals surface area contributed by atoms with Crippen molar-refractivity contribution in [2.24, 2.45) is 0 Å². The highest BCUT2D eigenvalue weighted by Gasteiger charge is 2.16. The van der Waals surface area contributed by atoms with Gasteiger partial charge in [-0.05, 0) is 31.4 Å². The van der Waals surface area contributed by atoms with Gasteiger partial charge in [0.05, 0.1) is 6.10 Å². The van der Waals surface area contributed by atoms with Crippen LogP contribution in [0.3, 0.4) is 0 Å². The third kappa shape index (κ3) is 3.01. The zero-order chi connectivity index (χ0) is 10.5. The number of ether oxygens (including phenoxy) is 1. The Kier molecular flexibility index (Phi) is 3.69. The van der Waals surface area contributed by atoms with Crippen LogP contribution in [0.5, 0.6) is 0 Å². The van der Waals surface area contributed by atoms with Crippen LogP contribution >= 0.6 is 0 Å². The lowest BCUT2D eigenvalue weighted by atomic mass is 10.1. The molecule has 1 fully saturated rings. The van der Waals surface area contributed by atoms with Gasteiger partial charge in [0.15, 0.2) is 0 Å². The first-order valence-corrected chi connectivity index (χ1v) is 5.61. The van der Waals surface area contributed by atoms with E-state index in [2.05, 4.69) is 23.3 Å². The van der Waals surface area contributed by atoms with Gasteiger partial charge < -0.3 is 10.1 Å². The summed E-state index contributed by atoms with van der Waals surface area (Å²) in [6.45, 7) is 4.02. The fourth-order valence-corrected chi connectivity index (χ4v) is 1.86. The summed E-state index contributed by atoms with van der Waals surface area (Å²) in [5, 5.41) is 3.48. The molecule has 0 saturated carbocycles. The lowest BCUT2D eigenvalue weighted by Crippen LogP contribution is -2.28. The maximum atomic E-state index is 5.56. The molecule has 15 heavy (non-hydrogen) atoms. The molecule has 1 aromatic rings. The largest absolute Gasteiger partial charge is 0.377 e. The molecule has 0 bridgehead atoms. The summed E-state index contributed by atoms with van der Waals surface area (Å²) in [5.74, 6) is 0. The SMILES string of the molecule is C[C@@H](NCC1CCCO1)c1cccnc1. The molecule has 0 aliphatic carbocycles. The van der Waals surface area contributed by atoms with Crippen molar-refractivity contribution in [3.63, 3.8) is 0 Å². The first-order valence-electron chi connectivity index (χ1n) is 5.61. The van der Waals surface area contributed by atoms with Gasteiger partial charge in [0.2, 0.25) is 0 Å². The highest BCUT2D eigenvalue weighted by atomic mass is 16.5. The van der Waals surface area contributed by atoms with Gasteiger partial charge in [-0.25, -0.2) is 0 Å². The number of pyridine rings is 1. The molecule has 2 heterocycles. The van der Waals surface area contributed by atoms with Gasteiger partial charge >= 0.3 is 0 Å². The molecule has 2 rings (SSSR count). The van der Waals surface area contributed by atoms with Crippen LogP contribution in [-0.2, 0) is 4.74 Å². The second-order valence-electron chi connectivity index (χ2n) is 4.05. The van der Waals surface area contributed by atoms with E-state index in [9.17, 15) is 0 Å². The van der Waals surface area contributed by atoms with Gasteiger partial charge in [-0.1, -0.05) is 6.07 Å². The number of hydrogen-bond donors (Lipinski definition) is 1. The molecule has 1 unspecified atom stereocenters. The summed E-state index contributed by atoms with van der Waals surface area (Å²) >= 11 is 0. The average Bonchev–Trinajstić information content (AvgIpc) is 2.80. The van der Waals surface area contributed by atoms with E-state index in [4.69, 9.17) is 4.74 Å². The minimum atomic E-state index is 0.350. The summed E-state index contributed by atoms with van der Waals surface area (Å²) in [7, 11) is 0. The van der Waals surface area contributed by atoms with E-state index in [0.29, 0.717) is 12.1 Å². The summed E-state index contributed by atoms with van der Waals surface area (Å²) < 4.78 is 5.56. The van der Waals surface area contributed by atoms with Crippen LogP contribution < -0.4 is 5.32 Å². The van der Waals surface area contributed by atoms with Crippen molar-refractivity contribution >= 4 is 0 Å². The predicted molar refractivity (Wildman–Crippen MR) is 59.6 cm³/mol. The molecule has 1 N–H and O–H groups in total. The van der Waals surface area contributed by atoms with Crippen molar-refractivity contribution in [3.05, 3.63) is 30.1 Å². The lowest BCUT2D eigenvalue weighted by molar-refractivity contribution is 0.108. The Labute approximate surface area is 90.9 Å². The minimum absolute atomic E-state index is 0.350. The molecule has 82 valence electrons. The molecule has 0 spiro atoms. The van der Waals surface area contributed by atoms with Crippen molar-refractivity contribution in [2.45, 2.75) is 31.9 Å². The average molecular weight is 206 g/mol. The van der Waals surface area contributed by atoms with Crippen LogP contribution in [-0.4, -0.2) is 24.2 Å². The lowest BCUT2D eigenvalue weighted by Gasteiger charge is -2.16. The third-order valence-corrected chi connectivity index (χ3v) is 2.86. The third-order valence-electron chi connectivity index (χ3n) is 2.86. The van der Waals surface area contributed by atoms with Gasteiger partial charge in [-0.15, -0.1) is 0 Å². The quantitative estimate of drug-likeness (QED) is 0.817. The van der Waals surface area contributed by atoms with Gasteiger partial charge in [0.1, 0.15) is 0 Å². The van der Waals surface area contributed by atoms with Gasteiger partial charge in [0.25, 0.3) is 0 Å². The van der Waals surface area contributed by atoms with Gasteiger partial charge in [0, 0.05) is 31.6 Å². The molecule has 1 aromatic heterocycles. The molecule has 0 radical (unpaired) electrons. The van der Waals surface area contributed by atoms with E-state index in [1.165, 1.54) is 18.4 Å². The van der Waals surface area contributed by atoms with E-state index in [0.717, 1.165) is 13.2 Å². The number of aromatic nitrogens is 1. The zero-order valence-corrected chi connectivity index (χ0v) is 9.15. The van der Waals surface area contributed by atoms with Crippen LogP contribution in [0, 0.1) is 0 Å². The zero-order valence-electron chi connectivity index (χ0n) is 9.15. The number of rotatable bonds is 4. The van der Waals surface area contributed by atoms with Crippen molar-refractivity contribution < 1.29 is 4.74 Å².